The number of halogens is 2. The number of aliphatic hydroxyl groups is 1. The molecule has 2 rings (SSSR count). The molecule has 0 heterocycles. The van der Waals surface area contributed by atoms with E-state index in [0.717, 1.165) is 21.2 Å². The van der Waals surface area contributed by atoms with Gasteiger partial charge in [0.15, 0.2) is 0 Å². The molecule has 94 valence electrons. The zero-order valence-electron chi connectivity index (χ0n) is 10.2. The average molecular weight is 309 g/mol. The normalized spacial score (nSPS) is 12.5. The lowest BCUT2D eigenvalue weighted by atomic mass is 9.96. The van der Waals surface area contributed by atoms with Crippen molar-refractivity contribution < 1.29 is 9.50 Å². The molecule has 0 radical (unpaired) electrons. The van der Waals surface area contributed by atoms with E-state index in [9.17, 15) is 9.50 Å². The van der Waals surface area contributed by atoms with Gasteiger partial charge in [-0.3, -0.25) is 0 Å². The standard InChI is InChI=1S/C15H14BrFO/c1-9-3-6-14(17)13(7-9)15(18)12-5-4-11(16)8-10(12)2/h3-8,15,18H,1-2H3. The second kappa shape index (κ2) is 5.21. The summed E-state index contributed by atoms with van der Waals surface area (Å²) in [5.41, 5.74) is 2.90. The van der Waals surface area contributed by atoms with Crippen LogP contribution in [0.2, 0.25) is 0 Å². The average Bonchev–Trinajstić information content (AvgIpc) is 2.31. The van der Waals surface area contributed by atoms with Crippen molar-refractivity contribution in [3.05, 3.63) is 68.9 Å². The van der Waals surface area contributed by atoms with Gasteiger partial charge in [0.1, 0.15) is 11.9 Å². The minimum atomic E-state index is -0.932. The minimum absolute atomic E-state index is 0.320. The van der Waals surface area contributed by atoms with Gasteiger partial charge in [-0.05, 0) is 43.2 Å². The zero-order chi connectivity index (χ0) is 13.3. The predicted octanol–water partition coefficient (Wildman–Crippen LogP) is 4.29. The van der Waals surface area contributed by atoms with Crippen molar-refractivity contribution in [2.24, 2.45) is 0 Å². The van der Waals surface area contributed by atoms with E-state index in [2.05, 4.69) is 15.9 Å². The summed E-state index contributed by atoms with van der Waals surface area (Å²) in [6, 6.07) is 10.3. The lowest BCUT2D eigenvalue weighted by Gasteiger charge is -2.15. The minimum Gasteiger partial charge on any atom is -0.384 e. The number of hydrogen-bond donors (Lipinski definition) is 1. The zero-order valence-corrected chi connectivity index (χ0v) is 11.8. The topological polar surface area (TPSA) is 20.2 Å². The van der Waals surface area contributed by atoms with E-state index in [1.807, 2.05) is 32.0 Å². The summed E-state index contributed by atoms with van der Waals surface area (Å²) < 4.78 is 14.7. The van der Waals surface area contributed by atoms with Gasteiger partial charge in [-0.2, -0.15) is 0 Å². The fraction of sp³-hybridized carbons (Fsp3) is 0.200. The first-order valence-electron chi connectivity index (χ1n) is 5.69. The van der Waals surface area contributed by atoms with Crippen LogP contribution in [0.1, 0.15) is 28.4 Å². The molecule has 3 heteroatoms. The fourth-order valence-electron chi connectivity index (χ4n) is 1.99. The molecule has 1 nitrogen and oxygen atoms in total. The Bertz CT molecular complexity index is 581. The molecule has 0 aliphatic heterocycles. The molecule has 0 fully saturated rings. The van der Waals surface area contributed by atoms with Gasteiger partial charge in [-0.1, -0.05) is 39.7 Å². The molecule has 0 saturated carbocycles. The quantitative estimate of drug-likeness (QED) is 0.877. The number of aliphatic hydroxyl groups excluding tert-OH is 1. The summed E-state index contributed by atoms with van der Waals surface area (Å²) in [6.45, 7) is 3.78. The van der Waals surface area contributed by atoms with Crippen LogP contribution in [0, 0.1) is 19.7 Å². The molecule has 2 aromatic carbocycles. The van der Waals surface area contributed by atoms with Crippen LogP contribution >= 0.6 is 15.9 Å². The number of rotatable bonds is 2. The second-order valence-electron chi connectivity index (χ2n) is 4.43. The third kappa shape index (κ3) is 2.62. The summed E-state index contributed by atoms with van der Waals surface area (Å²) in [4.78, 5) is 0. The molecule has 0 aromatic heterocycles. The maximum atomic E-state index is 13.7. The third-order valence-electron chi connectivity index (χ3n) is 2.97. The fourth-order valence-corrected chi connectivity index (χ4v) is 2.46. The van der Waals surface area contributed by atoms with Crippen LogP contribution in [0.5, 0.6) is 0 Å². The first-order chi connectivity index (χ1) is 8.49. The summed E-state index contributed by atoms with van der Waals surface area (Å²) in [5.74, 6) is -0.379. The highest BCUT2D eigenvalue weighted by Gasteiger charge is 2.17. The van der Waals surface area contributed by atoms with E-state index >= 15 is 0 Å². The maximum absolute atomic E-state index is 13.7. The van der Waals surface area contributed by atoms with E-state index in [1.54, 1.807) is 12.1 Å². The summed E-state index contributed by atoms with van der Waals surface area (Å²) in [5, 5.41) is 10.3. The number of benzene rings is 2. The lowest BCUT2D eigenvalue weighted by Crippen LogP contribution is -2.05. The van der Waals surface area contributed by atoms with Crippen molar-refractivity contribution in [3.63, 3.8) is 0 Å². The molecule has 2 aromatic rings. The van der Waals surface area contributed by atoms with E-state index in [-0.39, 0.29) is 5.82 Å². The van der Waals surface area contributed by atoms with E-state index in [1.165, 1.54) is 6.07 Å². The van der Waals surface area contributed by atoms with E-state index < -0.39 is 6.10 Å². The van der Waals surface area contributed by atoms with Gasteiger partial charge in [0.2, 0.25) is 0 Å². The van der Waals surface area contributed by atoms with Crippen LogP contribution in [-0.2, 0) is 0 Å². The first kappa shape index (κ1) is 13.2. The van der Waals surface area contributed by atoms with E-state index in [0.29, 0.717) is 5.56 Å². The van der Waals surface area contributed by atoms with Gasteiger partial charge in [-0.25, -0.2) is 4.39 Å². The highest BCUT2D eigenvalue weighted by atomic mass is 79.9. The summed E-state index contributed by atoms with van der Waals surface area (Å²) in [7, 11) is 0. The van der Waals surface area contributed by atoms with Crippen molar-refractivity contribution in [1.29, 1.82) is 0 Å². The number of hydrogen-bond acceptors (Lipinski definition) is 1. The molecule has 0 aliphatic rings. The Morgan fingerprint density at radius 1 is 1.06 bits per heavy atom. The predicted molar refractivity (Wildman–Crippen MR) is 74.1 cm³/mol. The Kier molecular flexibility index (Phi) is 3.83. The summed E-state index contributed by atoms with van der Waals surface area (Å²) >= 11 is 3.37. The highest BCUT2D eigenvalue weighted by Crippen LogP contribution is 2.28. The lowest BCUT2D eigenvalue weighted by molar-refractivity contribution is 0.214. The monoisotopic (exact) mass is 308 g/mol. The summed E-state index contributed by atoms with van der Waals surface area (Å²) in [6.07, 6.45) is -0.932. The van der Waals surface area contributed by atoms with E-state index in [4.69, 9.17) is 0 Å². The van der Waals surface area contributed by atoms with Crippen molar-refractivity contribution in [2.75, 3.05) is 0 Å². The van der Waals surface area contributed by atoms with Crippen LogP contribution < -0.4 is 0 Å². The molecular weight excluding hydrogens is 295 g/mol. The highest BCUT2D eigenvalue weighted by molar-refractivity contribution is 9.10. The molecular formula is C15H14BrFO. The Morgan fingerprint density at radius 2 is 1.78 bits per heavy atom. The Hall–Kier alpha value is -1.19. The van der Waals surface area contributed by atoms with Crippen LogP contribution in [0.25, 0.3) is 0 Å². The molecule has 1 N–H and O–H groups in total. The molecule has 0 saturated heterocycles. The molecule has 0 aliphatic carbocycles. The molecule has 1 unspecified atom stereocenters. The molecule has 0 spiro atoms. The first-order valence-corrected chi connectivity index (χ1v) is 6.48. The molecule has 18 heavy (non-hydrogen) atoms. The van der Waals surface area contributed by atoms with Crippen LogP contribution in [0.4, 0.5) is 4.39 Å². The number of aryl methyl sites for hydroxylation is 2. The van der Waals surface area contributed by atoms with Gasteiger partial charge in [-0.15, -0.1) is 0 Å². The third-order valence-corrected chi connectivity index (χ3v) is 3.47. The second-order valence-corrected chi connectivity index (χ2v) is 5.34. The largest absolute Gasteiger partial charge is 0.384 e. The van der Waals surface area contributed by atoms with Gasteiger partial charge in [0.05, 0.1) is 0 Å². The Balaban J connectivity index is 2.47. The molecule has 0 amide bonds. The Labute approximate surface area is 114 Å². The van der Waals surface area contributed by atoms with Crippen molar-refractivity contribution in [2.45, 2.75) is 20.0 Å². The molecule has 0 bridgehead atoms. The van der Waals surface area contributed by atoms with Gasteiger partial charge >= 0.3 is 0 Å². The smallest absolute Gasteiger partial charge is 0.129 e. The molecule has 1 atom stereocenters. The SMILES string of the molecule is Cc1ccc(F)c(C(O)c2ccc(Br)cc2C)c1. The Morgan fingerprint density at radius 3 is 2.44 bits per heavy atom. The van der Waals surface area contributed by atoms with Gasteiger partial charge in [0.25, 0.3) is 0 Å². The van der Waals surface area contributed by atoms with Crippen molar-refractivity contribution in [3.8, 4) is 0 Å². The van der Waals surface area contributed by atoms with Crippen LogP contribution in [0.15, 0.2) is 40.9 Å². The van der Waals surface area contributed by atoms with Crippen LogP contribution in [0.3, 0.4) is 0 Å². The van der Waals surface area contributed by atoms with Crippen LogP contribution in [-0.4, -0.2) is 5.11 Å². The van der Waals surface area contributed by atoms with Gasteiger partial charge in [0, 0.05) is 10.0 Å². The maximum Gasteiger partial charge on any atom is 0.129 e. The van der Waals surface area contributed by atoms with Crippen molar-refractivity contribution in [1.82, 2.24) is 0 Å². The van der Waals surface area contributed by atoms with Gasteiger partial charge < -0.3 is 5.11 Å². The van der Waals surface area contributed by atoms with Crippen molar-refractivity contribution >= 4 is 15.9 Å².